The number of nitrogens with zero attached hydrogens (tertiary/aromatic N) is 3. The van der Waals surface area contributed by atoms with Crippen molar-refractivity contribution in [1.82, 2.24) is 10.1 Å². The molecule has 1 aliphatic heterocycles. The van der Waals surface area contributed by atoms with Crippen LogP contribution in [0.15, 0.2) is 65.2 Å². The number of anilines is 2. The summed E-state index contributed by atoms with van der Waals surface area (Å²) < 4.78 is 10.9. The molecular formula is C28H24N4O5. The van der Waals surface area contributed by atoms with Crippen molar-refractivity contribution < 1.29 is 23.6 Å². The maximum atomic E-state index is 13.6. The first-order chi connectivity index (χ1) is 18.0. The van der Waals surface area contributed by atoms with Gasteiger partial charge in [0.25, 0.3) is 17.5 Å². The van der Waals surface area contributed by atoms with Crippen molar-refractivity contribution >= 4 is 40.3 Å². The maximum absolute atomic E-state index is 13.6. The second kappa shape index (κ2) is 8.85. The van der Waals surface area contributed by atoms with E-state index in [0.717, 1.165) is 18.4 Å². The number of esters is 1. The number of nitrogens with one attached hydrogen (secondary N) is 1. The predicted molar refractivity (Wildman–Crippen MR) is 136 cm³/mol. The number of carbonyl (C=O) groups excluding carboxylic acids is 3. The minimum atomic E-state index is -0.979. The predicted octanol–water partition coefficient (Wildman–Crippen LogP) is 4.65. The molecule has 6 rings (SSSR count). The average molecular weight is 497 g/mol. The molecule has 1 fully saturated rings. The lowest BCUT2D eigenvalue weighted by molar-refractivity contribution is -0.129. The highest BCUT2D eigenvalue weighted by atomic mass is 16.5. The first-order valence-electron chi connectivity index (χ1n) is 12.2. The van der Waals surface area contributed by atoms with Crippen LogP contribution in [0, 0.1) is 6.92 Å². The number of benzene rings is 2. The molecule has 4 aromatic rings. The van der Waals surface area contributed by atoms with Crippen LogP contribution in [0.4, 0.5) is 11.4 Å². The Morgan fingerprint density at radius 3 is 2.59 bits per heavy atom. The van der Waals surface area contributed by atoms with Gasteiger partial charge in [-0.2, -0.15) is 0 Å². The third kappa shape index (κ3) is 3.74. The third-order valence-corrected chi connectivity index (χ3v) is 7.16. The number of fused-ring (bicyclic) bond motifs is 2. The molecule has 2 aromatic heterocycles. The number of amides is 2. The number of hydrogen-bond acceptors (Lipinski definition) is 7. The zero-order valence-corrected chi connectivity index (χ0v) is 20.2. The topological polar surface area (TPSA) is 115 Å². The standard InChI is InChI=1S/C28H24N4O5/c1-17-24-19(15-21(29-25(24)37-31-17)18-9-3-2-4-10-18)26(34)36-16-23(33)32-22-12-6-5-11-20(22)30-27(35)28(32)13-7-8-14-28/h2-6,9-12,15H,7-8,13-14,16H2,1H3,(H,30,35). The largest absolute Gasteiger partial charge is 0.452 e. The summed E-state index contributed by atoms with van der Waals surface area (Å²) in [6.45, 7) is 1.20. The van der Waals surface area contributed by atoms with E-state index in [9.17, 15) is 14.4 Å². The molecule has 1 spiro atoms. The summed E-state index contributed by atoms with van der Waals surface area (Å²) in [5.74, 6) is -1.35. The molecule has 0 radical (unpaired) electrons. The van der Waals surface area contributed by atoms with Crippen LogP contribution in [0.3, 0.4) is 0 Å². The lowest BCUT2D eigenvalue weighted by Crippen LogP contribution is -2.61. The Kier molecular flexibility index (Phi) is 5.48. The molecule has 2 aromatic carbocycles. The third-order valence-electron chi connectivity index (χ3n) is 7.16. The van der Waals surface area contributed by atoms with E-state index in [-0.39, 0.29) is 17.2 Å². The Labute approximate surface area is 212 Å². The van der Waals surface area contributed by atoms with Crippen LogP contribution in [0.25, 0.3) is 22.4 Å². The van der Waals surface area contributed by atoms with Crippen molar-refractivity contribution in [2.75, 3.05) is 16.8 Å². The quantitative estimate of drug-likeness (QED) is 0.409. The van der Waals surface area contributed by atoms with E-state index in [1.807, 2.05) is 36.4 Å². The number of aryl methyl sites for hydroxylation is 1. The molecule has 0 atom stereocenters. The molecule has 3 heterocycles. The molecule has 9 nitrogen and oxygen atoms in total. The monoisotopic (exact) mass is 496 g/mol. The average Bonchev–Trinajstić information content (AvgIpc) is 3.56. The molecule has 1 N–H and O–H groups in total. The molecule has 0 unspecified atom stereocenters. The van der Waals surface area contributed by atoms with Crippen molar-refractivity contribution in [3.8, 4) is 11.3 Å². The van der Waals surface area contributed by atoms with Crippen molar-refractivity contribution in [3.05, 3.63) is 71.9 Å². The molecule has 2 aliphatic rings. The number of carbonyl (C=O) groups is 3. The van der Waals surface area contributed by atoms with Crippen molar-refractivity contribution in [2.24, 2.45) is 0 Å². The Balaban J connectivity index is 1.32. The van der Waals surface area contributed by atoms with Gasteiger partial charge in [-0.3, -0.25) is 14.5 Å². The second-order valence-electron chi connectivity index (χ2n) is 9.38. The summed E-state index contributed by atoms with van der Waals surface area (Å²) in [4.78, 5) is 46.1. The SMILES string of the molecule is Cc1noc2nc(-c3ccccc3)cc(C(=O)OCC(=O)N3c4ccccc4NC(=O)C34CCCC4)c12. The summed E-state index contributed by atoms with van der Waals surface area (Å²) in [6, 6.07) is 18.2. The van der Waals surface area contributed by atoms with Gasteiger partial charge in [-0.25, -0.2) is 9.78 Å². The fourth-order valence-electron chi connectivity index (χ4n) is 5.41. The van der Waals surface area contributed by atoms with Gasteiger partial charge in [0.05, 0.1) is 33.7 Å². The number of ether oxygens (including phenoxy) is 1. The minimum Gasteiger partial charge on any atom is -0.452 e. The van der Waals surface area contributed by atoms with E-state index in [1.54, 1.807) is 31.2 Å². The summed E-state index contributed by atoms with van der Waals surface area (Å²) in [5.41, 5.74) is 2.42. The Bertz CT molecular complexity index is 1540. The van der Waals surface area contributed by atoms with Gasteiger partial charge < -0.3 is 14.6 Å². The number of para-hydroxylation sites is 2. The van der Waals surface area contributed by atoms with E-state index < -0.39 is 24.0 Å². The van der Waals surface area contributed by atoms with E-state index in [4.69, 9.17) is 9.26 Å². The molecule has 37 heavy (non-hydrogen) atoms. The number of rotatable bonds is 4. The molecule has 0 bridgehead atoms. The fourth-order valence-corrected chi connectivity index (χ4v) is 5.41. The Morgan fingerprint density at radius 1 is 1.08 bits per heavy atom. The summed E-state index contributed by atoms with van der Waals surface area (Å²) in [6.07, 6.45) is 2.78. The van der Waals surface area contributed by atoms with Crippen molar-refractivity contribution in [1.29, 1.82) is 0 Å². The summed E-state index contributed by atoms with van der Waals surface area (Å²) in [5, 5.41) is 7.34. The second-order valence-corrected chi connectivity index (χ2v) is 9.38. The van der Waals surface area contributed by atoms with Crippen LogP contribution in [0.2, 0.25) is 0 Å². The highest BCUT2D eigenvalue weighted by Crippen LogP contribution is 2.45. The van der Waals surface area contributed by atoms with Gasteiger partial charge in [0.2, 0.25) is 0 Å². The molecule has 2 amide bonds. The van der Waals surface area contributed by atoms with Crippen LogP contribution in [-0.2, 0) is 14.3 Å². The molecule has 0 saturated heterocycles. The summed E-state index contributed by atoms with van der Waals surface area (Å²) in [7, 11) is 0. The Hall–Kier alpha value is -4.53. The van der Waals surface area contributed by atoms with Gasteiger partial charge in [-0.05, 0) is 38.0 Å². The fraction of sp³-hybridized carbons (Fsp3) is 0.250. The zero-order chi connectivity index (χ0) is 25.6. The molecular weight excluding hydrogens is 472 g/mol. The molecule has 186 valence electrons. The van der Waals surface area contributed by atoms with E-state index in [1.165, 1.54) is 4.90 Å². The first kappa shape index (κ1) is 22.9. The molecule has 1 saturated carbocycles. The van der Waals surface area contributed by atoms with Crippen LogP contribution < -0.4 is 10.2 Å². The van der Waals surface area contributed by atoms with E-state index in [0.29, 0.717) is 41.0 Å². The highest BCUT2D eigenvalue weighted by molar-refractivity contribution is 6.15. The number of aromatic nitrogens is 2. The maximum Gasteiger partial charge on any atom is 0.339 e. The van der Waals surface area contributed by atoms with Gasteiger partial charge in [0, 0.05) is 5.56 Å². The number of hydrogen-bond donors (Lipinski definition) is 1. The lowest BCUT2D eigenvalue weighted by atomic mass is 9.90. The van der Waals surface area contributed by atoms with Gasteiger partial charge in [0.15, 0.2) is 6.61 Å². The van der Waals surface area contributed by atoms with Gasteiger partial charge in [-0.15, -0.1) is 0 Å². The van der Waals surface area contributed by atoms with Gasteiger partial charge >= 0.3 is 5.97 Å². The lowest BCUT2D eigenvalue weighted by Gasteiger charge is -2.44. The van der Waals surface area contributed by atoms with Gasteiger partial charge in [0.1, 0.15) is 5.54 Å². The molecule has 9 heteroatoms. The van der Waals surface area contributed by atoms with Crippen LogP contribution in [0.1, 0.15) is 41.7 Å². The normalized spacial score (nSPS) is 16.0. The zero-order valence-electron chi connectivity index (χ0n) is 20.2. The van der Waals surface area contributed by atoms with E-state index >= 15 is 0 Å². The van der Waals surface area contributed by atoms with Crippen LogP contribution >= 0.6 is 0 Å². The van der Waals surface area contributed by atoms with Crippen molar-refractivity contribution in [3.63, 3.8) is 0 Å². The van der Waals surface area contributed by atoms with E-state index in [2.05, 4.69) is 15.5 Å². The minimum absolute atomic E-state index is 0.202. The Morgan fingerprint density at radius 2 is 1.81 bits per heavy atom. The highest BCUT2D eigenvalue weighted by Gasteiger charge is 2.52. The van der Waals surface area contributed by atoms with Crippen LogP contribution in [0.5, 0.6) is 0 Å². The summed E-state index contributed by atoms with van der Waals surface area (Å²) >= 11 is 0. The smallest absolute Gasteiger partial charge is 0.339 e. The van der Waals surface area contributed by atoms with Gasteiger partial charge in [-0.1, -0.05) is 60.5 Å². The van der Waals surface area contributed by atoms with Crippen molar-refractivity contribution in [2.45, 2.75) is 38.1 Å². The van der Waals surface area contributed by atoms with Crippen LogP contribution in [-0.4, -0.2) is 40.1 Å². The molecule has 1 aliphatic carbocycles. The number of pyridine rings is 1. The first-order valence-corrected chi connectivity index (χ1v) is 12.2.